The Morgan fingerprint density at radius 2 is 2.28 bits per heavy atom. The molecule has 0 fully saturated rings. The van der Waals surface area contributed by atoms with Crippen LogP contribution in [0.25, 0.3) is 0 Å². The van der Waals surface area contributed by atoms with Crippen molar-refractivity contribution in [2.75, 3.05) is 25.1 Å². The number of carbonyl (C=O) groups excluding carboxylic acids is 1. The van der Waals surface area contributed by atoms with Crippen molar-refractivity contribution in [1.29, 1.82) is 5.26 Å². The first kappa shape index (κ1) is 14.0. The zero-order valence-corrected chi connectivity index (χ0v) is 10.9. The van der Waals surface area contributed by atoms with Gasteiger partial charge in [-0.15, -0.1) is 0 Å². The van der Waals surface area contributed by atoms with Gasteiger partial charge >= 0.3 is 5.97 Å². The van der Waals surface area contributed by atoms with Gasteiger partial charge in [-0.25, -0.2) is 4.98 Å². The van der Waals surface area contributed by atoms with Gasteiger partial charge in [0.05, 0.1) is 19.1 Å². The molecule has 0 amide bonds. The Morgan fingerprint density at radius 3 is 2.83 bits per heavy atom. The SMILES string of the molecule is CCN(CCC(=O)OC)c1nc(C)ccc1C#N. The van der Waals surface area contributed by atoms with E-state index in [1.165, 1.54) is 7.11 Å². The van der Waals surface area contributed by atoms with Crippen LogP contribution in [0.3, 0.4) is 0 Å². The minimum atomic E-state index is -0.264. The lowest BCUT2D eigenvalue weighted by molar-refractivity contribution is -0.140. The maximum absolute atomic E-state index is 11.2. The van der Waals surface area contributed by atoms with E-state index >= 15 is 0 Å². The number of esters is 1. The lowest BCUT2D eigenvalue weighted by Crippen LogP contribution is -2.28. The zero-order chi connectivity index (χ0) is 13.5. The number of methoxy groups -OCH3 is 1. The van der Waals surface area contributed by atoms with Gasteiger partial charge in [0, 0.05) is 18.8 Å². The highest BCUT2D eigenvalue weighted by atomic mass is 16.5. The highest BCUT2D eigenvalue weighted by molar-refractivity contribution is 5.70. The molecule has 1 aromatic heterocycles. The van der Waals surface area contributed by atoms with Gasteiger partial charge in [0.15, 0.2) is 0 Å². The van der Waals surface area contributed by atoms with Gasteiger partial charge in [-0.3, -0.25) is 4.79 Å². The summed E-state index contributed by atoms with van der Waals surface area (Å²) in [5.74, 6) is 0.364. The number of hydrogen-bond donors (Lipinski definition) is 0. The Morgan fingerprint density at radius 1 is 1.56 bits per heavy atom. The van der Waals surface area contributed by atoms with Gasteiger partial charge in [-0.1, -0.05) is 0 Å². The molecule has 1 aromatic rings. The van der Waals surface area contributed by atoms with E-state index < -0.39 is 0 Å². The van der Waals surface area contributed by atoms with E-state index in [9.17, 15) is 4.79 Å². The number of aryl methyl sites for hydroxylation is 1. The first-order valence-corrected chi connectivity index (χ1v) is 5.81. The van der Waals surface area contributed by atoms with Crippen LogP contribution in [-0.2, 0) is 9.53 Å². The molecule has 0 bridgehead atoms. The number of carbonyl (C=O) groups is 1. The van der Waals surface area contributed by atoms with Crippen LogP contribution >= 0.6 is 0 Å². The van der Waals surface area contributed by atoms with Gasteiger partial charge in [0.25, 0.3) is 0 Å². The fourth-order valence-electron chi connectivity index (χ4n) is 1.61. The molecule has 1 rings (SSSR count). The van der Waals surface area contributed by atoms with Gasteiger partial charge < -0.3 is 9.64 Å². The Kier molecular flexibility index (Phi) is 5.12. The third-order valence-corrected chi connectivity index (χ3v) is 2.63. The molecule has 1 heterocycles. The number of hydrogen-bond acceptors (Lipinski definition) is 5. The molecule has 5 nitrogen and oxygen atoms in total. The van der Waals surface area contributed by atoms with E-state index in [2.05, 4.69) is 15.8 Å². The van der Waals surface area contributed by atoms with Crippen LogP contribution in [0.1, 0.15) is 24.6 Å². The molecule has 0 saturated heterocycles. The van der Waals surface area contributed by atoms with Crippen molar-refractivity contribution < 1.29 is 9.53 Å². The number of aromatic nitrogens is 1. The fourth-order valence-corrected chi connectivity index (χ4v) is 1.61. The number of ether oxygens (including phenoxy) is 1. The van der Waals surface area contributed by atoms with E-state index in [0.717, 1.165) is 5.69 Å². The second kappa shape index (κ2) is 6.60. The van der Waals surface area contributed by atoms with Crippen molar-refractivity contribution in [3.63, 3.8) is 0 Å². The standard InChI is InChI=1S/C13H17N3O2/c1-4-16(8-7-12(17)18-3)13-11(9-14)6-5-10(2)15-13/h5-6H,4,7-8H2,1-3H3. The van der Waals surface area contributed by atoms with Crippen molar-refractivity contribution in [3.8, 4) is 6.07 Å². The van der Waals surface area contributed by atoms with E-state index in [-0.39, 0.29) is 12.4 Å². The van der Waals surface area contributed by atoms with E-state index in [1.807, 2.05) is 18.7 Å². The van der Waals surface area contributed by atoms with Gasteiger partial charge in [0.2, 0.25) is 0 Å². The molecule has 96 valence electrons. The molecule has 0 aromatic carbocycles. The first-order valence-electron chi connectivity index (χ1n) is 5.81. The largest absolute Gasteiger partial charge is 0.469 e. The van der Waals surface area contributed by atoms with Crippen LogP contribution in [0.4, 0.5) is 5.82 Å². The summed E-state index contributed by atoms with van der Waals surface area (Å²) in [4.78, 5) is 17.4. The monoisotopic (exact) mass is 247 g/mol. The molecule has 0 aliphatic carbocycles. The molecular formula is C13H17N3O2. The molecule has 0 unspecified atom stereocenters. The van der Waals surface area contributed by atoms with Crippen LogP contribution in [0.15, 0.2) is 12.1 Å². The third kappa shape index (κ3) is 3.45. The number of nitriles is 1. The van der Waals surface area contributed by atoms with Crippen molar-refractivity contribution in [3.05, 3.63) is 23.4 Å². The van der Waals surface area contributed by atoms with Crippen LogP contribution in [0.5, 0.6) is 0 Å². The maximum atomic E-state index is 11.2. The molecule has 0 aliphatic rings. The molecule has 0 aliphatic heterocycles. The minimum absolute atomic E-state index is 0.264. The summed E-state index contributed by atoms with van der Waals surface area (Å²) in [6.07, 6.45) is 0.283. The number of nitrogens with zero attached hydrogens (tertiary/aromatic N) is 3. The fraction of sp³-hybridized carbons (Fsp3) is 0.462. The van der Waals surface area contributed by atoms with Crippen molar-refractivity contribution in [2.45, 2.75) is 20.3 Å². The lowest BCUT2D eigenvalue weighted by atomic mass is 10.2. The average molecular weight is 247 g/mol. The van der Waals surface area contributed by atoms with Gasteiger partial charge in [-0.05, 0) is 26.0 Å². The highest BCUT2D eigenvalue weighted by Gasteiger charge is 2.13. The van der Waals surface area contributed by atoms with Crippen molar-refractivity contribution >= 4 is 11.8 Å². The molecule has 0 saturated carbocycles. The third-order valence-electron chi connectivity index (χ3n) is 2.63. The summed E-state index contributed by atoms with van der Waals surface area (Å²) < 4.78 is 4.61. The predicted octanol–water partition coefficient (Wildman–Crippen LogP) is 1.65. The second-order valence-corrected chi connectivity index (χ2v) is 3.84. The minimum Gasteiger partial charge on any atom is -0.469 e. The summed E-state index contributed by atoms with van der Waals surface area (Å²) in [6.45, 7) is 5.01. The number of anilines is 1. The van der Waals surface area contributed by atoms with E-state index in [0.29, 0.717) is 24.5 Å². The van der Waals surface area contributed by atoms with Crippen LogP contribution in [-0.4, -0.2) is 31.2 Å². The summed E-state index contributed by atoms with van der Waals surface area (Å²) in [6, 6.07) is 5.67. The Hall–Kier alpha value is -2.09. The van der Waals surface area contributed by atoms with Gasteiger partial charge in [0.1, 0.15) is 11.9 Å². The second-order valence-electron chi connectivity index (χ2n) is 3.84. The molecule has 0 atom stereocenters. The van der Waals surface area contributed by atoms with E-state index in [4.69, 9.17) is 5.26 Å². The molecule has 0 radical (unpaired) electrons. The van der Waals surface area contributed by atoms with Crippen LogP contribution in [0.2, 0.25) is 0 Å². The molecule has 0 spiro atoms. The van der Waals surface area contributed by atoms with Gasteiger partial charge in [-0.2, -0.15) is 5.26 Å². The topological polar surface area (TPSA) is 66.2 Å². The number of pyridine rings is 1. The molecule has 5 heteroatoms. The smallest absolute Gasteiger partial charge is 0.307 e. The molecule has 0 N–H and O–H groups in total. The van der Waals surface area contributed by atoms with Crippen LogP contribution in [0, 0.1) is 18.3 Å². The number of rotatable bonds is 5. The summed E-state index contributed by atoms with van der Waals surface area (Å²) in [5.41, 5.74) is 1.37. The van der Waals surface area contributed by atoms with Crippen molar-refractivity contribution in [2.24, 2.45) is 0 Å². The van der Waals surface area contributed by atoms with Crippen LogP contribution < -0.4 is 4.90 Å². The maximum Gasteiger partial charge on any atom is 0.307 e. The summed E-state index contributed by atoms with van der Waals surface area (Å²) in [5, 5.41) is 9.07. The molecule has 18 heavy (non-hydrogen) atoms. The Bertz CT molecular complexity index is 466. The van der Waals surface area contributed by atoms with E-state index in [1.54, 1.807) is 12.1 Å². The van der Waals surface area contributed by atoms with Crippen molar-refractivity contribution in [1.82, 2.24) is 4.98 Å². The zero-order valence-electron chi connectivity index (χ0n) is 10.9. The lowest BCUT2D eigenvalue weighted by Gasteiger charge is -2.22. The normalized spacial score (nSPS) is 9.67. The average Bonchev–Trinajstić information content (AvgIpc) is 2.39. The first-order chi connectivity index (χ1) is 8.62. The predicted molar refractivity (Wildman–Crippen MR) is 68.2 cm³/mol. The summed E-state index contributed by atoms with van der Waals surface area (Å²) >= 11 is 0. The molecular weight excluding hydrogens is 230 g/mol. The Labute approximate surface area is 107 Å². The highest BCUT2D eigenvalue weighted by Crippen LogP contribution is 2.17. The Balaban J connectivity index is 2.91. The quantitative estimate of drug-likeness (QED) is 0.740. The summed E-state index contributed by atoms with van der Waals surface area (Å²) in [7, 11) is 1.37.